The quantitative estimate of drug-likeness (QED) is 0.912. The molecule has 1 saturated carbocycles. The molecular weight excluding hydrogens is 264 g/mol. The summed E-state index contributed by atoms with van der Waals surface area (Å²) in [6.45, 7) is 2.01. The van der Waals surface area contributed by atoms with Crippen molar-refractivity contribution in [3.05, 3.63) is 29.6 Å². The molecular formula is C16H22N4O. The van der Waals surface area contributed by atoms with Gasteiger partial charge in [0.1, 0.15) is 5.82 Å². The van der Waals surface area contributed by atoms with Crippen LogP contribution in [-0.4, -0.2) is 28.4 Å². The third kappa shape index (κ3) is 2.73. The number of fused-ring (bicyclic) bond motifs is 1. The maximum absolute atomic E-state index is 12.5. The van der Waals surface area contributed by atoms with E-state index in [4.69, 9.17) is 0 Å². The average Bonchev–Trinajstić information content (AvgIpc) is 2.92. The van der Waals surface area contributed by atoms with Gasteiger partial charge in [-0.3, -0.25) is 4.79 Å². The first-order valence-electron chi connectivity index (χ1n) is 7.66. The van der Waals surface area contributed by atoms with E-state index in [1.54, 1.807) is 0 Å². The minimum Gasteiger partial charge on any atom is -0.373 e. The maximum Gasteiger partial charge on any atom is 0.255 e. The Kier molecular flexibility index (Phi) is 3.82. The molecule has 1 aliphatic rings. The number of amides is 1. The molecule has 21 heavy (non-hydrogen) atoms. The van der Waals surface area contributed by atoms with Crippen molar-refractivity contribution in [2.75, 3.05) is 12.4 Å². The van der Waals surface area contributed by atoms with Crippen LogP contribution in [0.5, 0.6) is 0 Å². The Morgan fingerprint density at radius 2 is 2.10 bits per heavy atom. The van der Waals surface area contributed by atoms with Gasteiger partial charge in [0.25, 0.3) is 5.91 Å². The molecule has 2 aromatic heterocycles. The van der Waals surface area contributed by atoms with E-state index in [0.29, 0.717) is 17.3 Å². The monoisotopic (exact) mass is 286 g/mol. The fourth-order valence-corrected chi connectivity index (χ4v) is 3.05. The van der Waals surface area contributed by atoms with Gasteiger partial charge < -0.3 is 15.0 Å². The molecule has 1 fully saturated rings. The normalized spacial score (nSPS) is 16.1. The largest absolute Gasteiger partial charge is 0.373 e. The number of hydrogen-bond acceptors (Lipinski definition) is 3. The van der Waals surface area contributed by atoms with Gasteiger partial charge in [-0.05, 0) is 25.8 Å². The maximum atomic E-state index is 12.5. The molecule has 5 heteroatoms. The van der Waals surface area contributed by atoms with E-state index < -0.39 is 0 Å². The van der Waals surface area contributed by atoms with Crippen LogP contribution in [0.1, 0.15) is 48.2 Å². The lowest BCUT2D eigenvalue weighted by atomic mass is 9.95. The van der Waals surface area contributed by atoms with Crippen molar-refractivity contribution in [3.63, 3.8) is 0 Å². The first-order chi connectivity index (χ1) is 10.2. The van der Waals surface area contributed by atoms with Gasteiger partial charge >= 0.3 is 0 Å². The zero-order valence-electron chi connectivity index (χ0n) is 12.6. The number of carbonyl (C=O) groups excluding carboxylic acids is 1. The van der Waals surface area contributed by atoms with Crippen LogP contribution in [-0.2, 0) is 0 Å². The summed E-state index contributed by atoms with van der Waals surface area (Å²) in [5.41, 5.74) is 2.43. The summed E-state index contributed by atoms with van der Waals surface area (Å²) < 4.78 is 1.95. The highest BCUT2D eigenvalue weighted by atomic mass is 16.1. The molecule has 1 aliphatic carbocycles. The molecule has 0 unspecified atom stereocenters. The number of anilines is 1. The van der Waals surface area contributed by atoms with Crippen molar-refractivity contribution in [2.45, 2.75) is 45.1 Å². The highest BCUT2D eigenvalue weighted by molar-refractivity contribution is 6.00. The van der Waals surface area contributed by atoms with Crippen LogP contribution >= 0.6 is 0 Å². The molecule has 1 amide bonds. The van der Waals surface area contributed by atoms with Crippen molar-refractivity contribution >= 4 is 17.4 Å². The van der Waals surface area contributed by atoms with Crippen LogP contribution in [0, 0.1) is 6.92 Å². The Labute approximate surface area is 124 Å². The van der Waals surface area contributed by atoms with Crippen LogP contribution in [0.4, 0.5) is 5.82 Å². The summed E-state index contributed by atoms with van der Waals surface area (Å²) in [7, 11) is 1.84. The molecule has 0 spiro atoms. The highest BCUT2D eigenvalue weighted by Gasteiger charge is 2.19. The molecule has 0 atom stereocenters. The fraction of sp³-hybridized carbons (Fsp3) is 0.500. The topological polar surface area (TPSA) is 58.4 Å². The fourth-order valence-electron chi connectivity index (χ4n) is 3.05. The molecule has 2 heterocycles. The number of hydrogen-bond donors (Lipinski definition) is 2. The van der Waals surface area contributed by atoms with E-state index in [2.05, 4.69) is 15.6 Å². The minimum absolute atomic E-state index is 0.00967. The van der Waals surface area contributed by atoms with E-state index in [9.17, 15) is 4.79 Å². The summed E-state index contributed by atoms with van der Waals surface area (Å²) in [6, 6.07) is 4.14. The number of carbonyl (C=O) groups is 1. The molecule has 2 aromatic rings. The predicted molar refractivity (Wildman–Crippen MR) is 83.8 cm³/mol. The molecule has 3 rings (SSSR count). The van der Waals surface area contributed by atoms with Gasteiger partial charge in [-0.2, -0.15) is 0 Å². The van der Waals surface area contributed by atoms with E-state index in [-0.39, 0.29) is 5.91 Å². The van der Waals surface area contributed by atoms with Gasteiger partial charge in [0.2, 0.25) is 0 Å². The Morgan fingerprint density at radius 3 is 2.81 bits per heavy atom. The lowest BCUT2D eigenvalue weighted by Crippen LogP contribution is -2.36. The number of rotatable bonds is 3. The summed E-state index contributed by atoms with van der Waals surface area (Å²) in [4.78, 5) is 17.0. The molecule has 5 nitrogen and oxygen atoms in total. The minimum atomic E-state index is -0.00967. The molecule has 0 radical (unpaired) electrons. The van der Waals surface area contributed by atoms with Crippen molar-refractivity contribution in [1.82, 2.24) is 14.7 Å². The Hall–Kier alpha value is -2.04. The van der Waals surface area contributed by atoms with Gasteiger partial charge in [0.05, 0.1) is 5.56 Å². The Balaban J connectivity index is 1.88. The van der Waals surface area contributed by atoms with E-state index >= 15 is 0 Å². The second-order valence-electron chi connectivity index (χ2n) is 5.76. The van der Waals surface area contributed by atoms with Crippen LogP contribution < -0.4 is 10.6 Å². The average molecular weight is 286 g/mol. The van der Waals surface area contributed by atoms with Gasteiger partial charge in [0.15, 0.2) is 5.65 Å². The van der Waals surface area contributed by atoms with Gasteiger partial charge in [0, 0.05) is 31.0 Å². The van der Waals surface area contributed by atoms with Crippen molar-refractivity contribution in [1.29, 1.82) is 0 Å². The Morgan fingerprint density at radius 1 is 1.33 bits per heavy atom. The van der Waals surface area contributed by atoms with Crippen LogP contribution in [0.3, 0.4) is 0 Å². The second-order valence-corrected chi connectivity index (χ2v) is 5.76. The van der Waals surface area contributed by atoms with Crippen LogP contribution in [0.25, 0.3) is 5.65 Å². The zero-order chi connectivity index (χ0) is 14.8. The smallest absolute Gasteiger partial charge is 0.255 e. The van der Waals surface area contributed by atoms with Crippen LogP contribution in [0.15, 0.2) is 18.3 Å². The van der Waals surface area contributed by atoms with Crippen molar-refractivity contribution in [2.24, 2.45) is 0 Å². The third-order valence-corrected chi connectivity index (χ3v) is 4.25. The number of aryl methyl sites for hydroxylation is 1. The summed E-state index contributed by atoms with van der Waals surface area (Å²) in [5.74, 6) is 0.773. The van der Waals surface area contributed by atoms with E-state index in [1.165, 1.54) is 19.3 Å². The van der Waals surface area contributed by atoms with Gasteiger partial charge in [-0.25, -0.2) is 4.98 Å². The number of nitrogens with one attached hydrogen (secondary N) is 2. The lowest BCUT2D eigenvalue weighted by molar-refractivity contribution is 0.0929. The van der Waals surface area contributed by atoms with E-state index in [0.717, 1.165) is 24.4 Å². The molecule has 0 bridgehead atoms. The second kappa shape index (κ2) is 5.76. The summed E-state index contributed by atoms with van der Waals surface area (Å²) in [6.07, 6.45) is 7.80. The van der Waals surface area contributed by atoms with E-state index in [1.807, 2.05) is 36.7 Å². The van der Waals surface area contributed by atoms with Gasteiger partial charge in [-0.15, -0.1) is 0 Å². The SMILES string of the molecule is CNc1cc(C)n2ccc(C(=O)NC3CCCCC3)c2n1. The molecule has 112 valence electrons. The molecule has 0 aliphatic heterocycles. The summed E-state index contributed by atoms with van der Waals surface area (Å²) >= 11 is 0. The number of nitrogens with zero attached hydrogens (tertiary/aromatic N) is 2. The number of aromatic nitrogens is 2. The zero-order valence-corrected chi connectivity index (χ0v) is 12.6. The van der Waals surface area contributed by atoms with Gasteiger partial charge in [-0.1, -0.05) is 19.3 Å². The summed E-state index contributed by atoms with van der Waals surface area (Å²) in [5, 5.41) is 6.20. The lowest BCUT2D eigenvalue weighted by Gasteiger charge is -2.22. The highest BCUT2D eigenvalue weighted by Crippen LogP contribution is 2.20. The molecule has 0 aromatic carbocycles. The van der Waals surface area contributed by atoms with Crippen molar-refractivity contribution < 1.29 is 4.79 Å². The molecule has 2 N–H and O–H groups in total. The Bertz CT molecular complexity index is 656. The first-order valence-corrected chi connectivity index (χ1v) is 7.66. The third-order valence-electron chi connectivity index (χ3n) is 4.25. The predicted octanol–water partition coefficient (Wildman–Crippen LogP) is 2.75. The first kappa shape index (κ1) is 13.9. The van der Waals surface area contributed by atoms with Crippen LogP contribution in [0.2, 0.25) is 0 Å². The van der Waals surface area contributed by atoms with Crippen molar-refractivity contribution in [3.8, 4) is 0 Å². The standard InChI is InChI=1S/C16H22N4O/c1-11-10-14(17-2)19-15-13(8-9-20(11)15)16(21)18-12-6-4-3-5-7-12/h8-10,12H,3-7H2,1-2H3,(H,17,19)(H,18,21). The molecule has 0 saturated heterocycles.